The second kappa shape index (κ2) is 5.87. The van der Waals surface area contributed by atoms with Crippen molar-refractivity contribution in [3.05, 3.63) is 29.8 Å². The highest BCUT2D eigenvalue weighted by molar-refractivity contribution is 5.26. The van der Waals surface area contributed by atoms with Gasteiger partial charge in [0, 0.05) is 5.56 Å². The Balaban J connectivity index is 1.88. The molecule has 0 unspecified atom stereocenters. The van der Waals surface area contributed by atoms with Gasteiger partial charge in [-0.3, -0.25) is 0 Å². The Morgan fingerprint density at radius 2 is 1.88 bits per heavy atom. The van der Waals surface area contributed by atoms with Crippen LogP contribution in [0.3, 0.4) is 0 Å². The van der Waals surface area contributed by atoms with E-state index in [2.05, 4.69) is 24.3 Å². The number of ether oxygens (including phenoxy) is 2. The van der Waals surface area contributed by atoms with Crippen LogP contribution in [0.2, 0.25) is 0 Å². The molecule has 0 saturated carbocycles. The molecule has 2 rings (SSSR count). The molecule has 0 amide bonds. The molecule has 1 aromatic rings. The smallest absolute Gasteiger partial charge is 0.119 e. The van der Waals surface area contributed by atoms with E-state index in [-0.39, 0.29) is 0 Å². The average Bonchev–Trinajstić information content (AvgIpc) is 2.33. The van der Waals surface area contributed by atoms with Gasteiger partial charge in [-0.05, 0) is 31.2 Å². The lowest BCUT2D eigenvalue weighted by Crippen LogP contribution is -3.12. The van der Waals surface area contributed by atoms with Crippen molar-refractivity contribution in [3.8, 4) is 5.75 Å². The van der Waals surface area contributed by atoms with Crippen LogP contribution in [0.1, 0.15) is 12.5 Å². The molecule has 0 atom stereocenters. The fourth-order valence-electron chi connectivity index (χ4n) is 2.00. The van der Waals surface area contributed by atoms with E-state index in [4.69, 9.17) is 9.47 Å². The van der Waals surface area contributed by atoms with E-state index in [1.807, 2.05) is 6.92 Å². The largest absolute Gasteiger partial charge is 0.494 e. The maximum absolute atomic E-state index is 5.42. The molecule has 3 heteroatoms. The molecule has 0 bridgehead atoms. The number of benzene rings is 1. The summed E-state index contributed by atoms with van der Waals surface area (Å²) in [5, 5.41) is 0. The normalized spacial score (nSPS) is 17.3. The van der Waals surface area contributed by atoms with Crippen LogP contribution in [0.25, 0.3) is 0 Å². The molecule has 16 heavy (non-hydrogen) atoms. The zero-order chi connectivity index (χ0) is 11.2. The molecule has 0 radical (unpaired) electrons. The van der Waals surface area contributed by atoms with Gasteiger partial charge in [0.2, 0.25) is 0 Å². The summed E-state index contributed by atoms with van der Waals surface area (Å²) in [6.45, 7) is 7.86. The van der Waals surface area contributed by atoms with Gasteiger partial charge in [-0.25, -0.2) is 0 Å². The van der Waals surface area contributed by atoms with Gasteiger partial charge in [-0.1, -0.05) is 0 Å². The molecule has 1 aliphatic heterocycles. The lowest BCUT2D eigenvalue weighted by atomic mass is 10.2. The maximum atomic E-state index is 5.42. The lowest BCUT2D eigenvalue weighted by Gasteiger charge is -2.23. The first kappa shape index (κ1) is 11.4. The standard InChI is InChI=1S/C13H19NO2/c1-2-16-13-5-3-12(4-6-13)11-14-7-9-15-10-8-14/h3-6H,2,7-11H2,1H3/p+1. The van der Waals surface area contributed by atoms with Crippen LogP contribution in [0.15, 0.2) is 24.3 Å². The minimum atomic E-state index is 0.730. The topological polar surface area (TPSA) is 22.9 Å². The van der Waals surface area contributed by atoms with Crippen molar-refractivity contribution in [2.45, 2.75) is 13.5 Å². The summed E-state index contributed by atoms with van der Waals surface area (Å²) in [6.07, 6.45) is 0. The first-order valence-corrected chi connectivity index (χ1v) is 6.01. The molecular formula is C13H20NO2+. The minimum Gasteiger partial charge on any atom is -0.494 e. The summed E-state index contributed by atoms with van der Waals surface area (Å²) in [4.78, 5) is 1.61. The van der Waals surface area contributed by atoms with Gasteiger partial charge in [0.1, 0.15) is 25.4 Å². The van der Waals surface area contributed by atoms with Gasteiger partial charge < -0.3 is 14.4 Å². The van der Waals surface area contributed by atoms with Gasteiger partial charge in [-0.15, -0.1) is 0 Å². The van der Waals surface area contributed by atoms with Crippen molar-refractivity contribution in [3.63, 3.8) is 0 Å². The molecule has 0 aromatic heterocycles. The van der Waals surface area contributed by atoms with Gasteiger partial charge in [-0.2, -0.15) is 0 Å². The number of quaternary nitrogens is 1. The summed E-state index contributed by atoms with van der Waals surface area (Å²) in [5.74, 6) is 0.961. The number of rotatable bonds is 4. The van der Waals surface area contributed by atoms with Crippen molar-refractivity contribution >= 4 is 0 Å². The van der Waals surface area contributed by atoms with Crippen LogP contribution in [0.4, 0.5) is 0 Å². The Morgan fingerprint density at radius 3 is 2.50 bits per heavy atom. The molecule has 0 spiro atoms. The predicted molar refractivity (Wildman–Crippen MR) is 62.8 cm³/mol. The van der Waals surface area contributed by atoms with E-state index >= 15 is 0 Å². The Bertz CT molecular complexity index is 304. The highest BCUT2D eigenvalue weighted by Crippen LogP contribution is 2.11. The van der Waals surface area contributed by atoms with Crippen molar-refractivity contribution in [1.82, 2.24) is 0 Å². The van der Waals surface area contributed by atoms with Crippen LogP contribution in [-0.4, -0.2) is 32.9 Å². The summed E-state index contributed by atoms with van der Waals surface area (Å²) in [6, 6.07) is 8.43. The predicted octanol–water partition coefficient (Wildman–Crippen LogP) is 0.500. The van der Waals surface area contributed by atoms with Crippen molar-refractivity contribution in [1.29, 1.82) is 0 Å². The first-order chi connectivity index (χ1) is 7.88. The molecule has 1 saturated heterocycles. The van der Waals surface area contributed by atoms with Crippen LogP contribution >= 0.6 is 0 Å². The first-order valence-electron chi connectivity index (χ1n) is 6.01. The van der Waals surface area contributed by atoms with Gasteiger partial charge in [0.05, 0.1) is 19.8 Å². The summed E-state index contributed by atoms with van der Waals surface area (Å²) >= 11 is 0. The Kier molecular flexibility index (Phi) is 4.19. The molecule has 88 valence electrons. The van der Waals surface area contributed by atoms with E-state index in [1.165, 1.54) is 5.56 Å². The molecule has 1 aliphatic rings. The highest BCUT2D eigenvalue weighted by atomic mass is 16.5. The fraction of sp³-hybridized carbons (Fsp3) is 0.538. The maximum Gasteiger partial charge on any atom is 0.119 e. The number of hydrogen-bond acceptors (Lipinski definition) is 2. The van der Waals surface area contributed by atoms with E-state index in [0.29, 0.717) is 0 Å². The van der Waals surface area contributed by atoms with Gasteiger partial charge in [0.15, 0.2) is 0 Å². The average molecular weight is 222 g/mol. The third-order valence-corrected chi connectivity index (χ3v) is 2.89. The summed E-state index contributed by atoms with van der Waals surface area (Å²) < 4.78 is 10.8. The van der Waals surface area contributed by atoms with Crippen molar-refractivity contribution in [2.75, 3.05) is 32.9 Å². The Labute approximate surface area is 97.0 Å². The highest BCUT2D eigenvalue weighted by Gasteiger charge is 2.13. The monoisotopic (exact) mass is 222 g/mol. The van der Waals surface area contributed by atoms with Crippen LogP contribution in [0.5, 0.6) is 5.75 Å². The quantitative estimate of drug-likeness (QED) is 0.802. The molecule has 3 nitrogen and oxygen atoms in total. The second-order valence-corrected chi connectivity index (χ2v) is 4.12. The number of nitrogens with one attached hydrogen (secondary N) is 1. The van der Waals surface area contributed by atoms with Gasteiger partial charge >= 0.3 is 0 Å². The number of morpholine rings is 1. The fourth-order valence-corrected chi connectivity index (χ4v) is 2.00. The molecule has 0 aliphatic carbocycles. The molecule has 1 aromatic carbocycles. The van der Waals surface area contributed by atoms with E-state index in [9.17, 15) is 0 Å². The Hall–Kier alpha value is -1.06. The minimum absolute atomic E-state index is 0.730. The van der Waals surface area contributed by atoms with Crippen molar-refractivity contribution < 1.29 is 14.4 Å². The number of hydrogen-bond donors (Lipinski definition) is 1. The molecule has 1 heterocycles. The summed E-state index contributed by atoms with van der Waals surface area (Å²) in [7, 11) is 0. The van der Waals surface area contributed by atoms with E-state index in [0.717, 1.165) is 45.2 Å². The SMILES string of the molecule is CCOc1ccc(C[NH+]2CCOCC2)cc1. The van der Waals surface area contributed by atoms with Crippen LogP contribution < -0.4 is 9.64 Å². The summed E-state index contributed by atoms with van der Waals surface area (Å²) in [5.41, 5.74) is 1.38. The molecular weight excluding hydrogens is 202 g/mol. The van der Waals surface area contributed by atoms with Crippen LogP contribution in [-0.2, 0) is 11.3 Å². The third-order valence-electron chi connectivity index (χ3n) is 2.89. The second-order valence-electron chi connectivity index (χ2n) is 4.12. The zero-order valence-corrected chi connectivity index (χ0v) is 9.87. The lowest BCUT2D eigenvalue weighted by molar-refractivity contribution is -0.921. The zero-order valence-electron chi connectivity index (χ0n) is 9.87. The van der Waals surface area contributed by atoms with E-state index in [1.54, 1.807) is 4.90 Å². The van der Waals surface area contributed by atoms with Gasteiger partial charge in [0.25, 0.3) is 0 Å². The molecule has 1 fully saturated rings. The Morgan fingerprint density at radius 1 is 1.19 bits per heavy atom. The van der Waals surface area contributed by atoms with Crippen molar-refractivity contribution in [2.24, 2.45) is 0 Å². The molecule has 1 N–H and O–H groups in total. The van der Waals surface area contributed by atoms with E-state index < -0.39 is 0 Å². The van der Waals surface area contributed by atoms with Crippen LogP contribution in [0, 0.1) is 0 Å². The third kappa shape index (κ3) is 3.22.